The summed E-state index contributed by atoms with van der Waals surface area (Å²) >= 11 is 5.83. The van der Waals surface area contributed by atoms with E-state index in [9.17, 15) is 8.42 Å². The van der Waals surface area contributed by atoms with Crippen molar-refractivity contribution in [3.63, 3.8) is 0 Å². The molecule has 1 fully saturated rings. The minimum Gasteiger partial charge on any atom is -0.307 e. The minimum absolute atomic E-state index is 0.0367. The standard InChI is InChI=1S/C9H13ClN4O2S/c1-9(2-3-9)14-17(15,16)6-4-7(10)8(13-11)12-5-6/h4-5,14H,2-3,11H2,1H3,(H,12,13). The smallest absolute Gasteiger partial charge is 0.242 e. The molecule has 1 aromatic heterocycles. The van der Waals surface area contributed by atoms with Gasteiger partial charge in [0.2, 0.25) is 10.0 Å². The summed E-state index contributed by atoms with van der Waals surface area (Å²) in [5, 5.41) is 0.163. The normalized spacial score (nSPS) is 17.8. The van der Waals surface area contributed by atoms with E-state index in [-0.39, 0.29) is 21.3 Å². The van der Waals surface area contributed by atoms with Crippen molar-refractivity contribution < 1.29 is 8.42 Å². The number of aromatic nitrogens is 1. The van der Waals surface area contributed by atoms with Crippen molar-refractivity contribution in [3.8, 4) is 0 Å². The first kappa shape index (κ1) is 12.6. The van der Waals surface area contributed by atoms with Gasteiger partial charge in [-0.2, -0.15) is 0 Å². The van der Waals surface area contributed by atoms with Crippen LogP contribution in [0.1, 0.15) is 19.8 Å². The van der Waals surface area contributed by atoms with Gasteiger partial charge < -0.3 is 5.43 Å². The molecule has 0 atom stereocenters. The van der Waals surface area contributed by atoms with E-state index < -0.39 is 10.0 Å². The summed E-state index contributed by atoms with van der Waals surface area (Å²) in [5.74, 6) is 5.40. The lowest BCUT2D eigenvalue weighted by atomic mass is 10.4. The molecule has 0 spiro atoms. The fraction of sp³-hybridized carbons (Fsp3) is 0.444. The van der Waals surface area contributed by atoms with E-state index in [1.54, 1.807) is 0 Å². The Kier molecular flexibility index (Phi) is 3.03. The molecule has 94 valence electrons. The number of halogens is 1. The number of rotatable bonds is 4. The SMILES string of the molecule is CC1(NS(=O)(=O)c2cnc(NN)c(Cl)c2)CC1. The molecule has 0 unspecified atom stereocenters. The van der Waals surface area contributed by atoms with Crippen molar-refractivity contribution in [2.24, 2.45) is 5.84 Å². The Morgan fingerprint density at radius 2 is 2.18 bits per heavy atom. The van der Waals surface area contributed by atoms with E-state index >= 15 is 0 Å². The molecule has 1 heterocycles. The highest BCUT2D eigenvalue weighted by Crippen LogP contribution is 2.36. The van der Waals surface area contributed by atoms with Crippen LogP contribution in [0, 0.1) is 0 Å². The highest BCUT2D eigenvalue weighted by molar-refractivity contribution is 7.89. The monoisotopic (exact) mass is 276 g/mol. The van der Waals surface area contributed by atoms with E-state index in [1.807, 2.05) is 6.92 Å². The first-order chi connectivity index (χ1) is 7.86. The average molecular weight is 277 g/mol. The van der Waals surface area contributed by atoms with Crippen molar-refractivity contribution in [1.82, 2.24) is 9.71 Å². The molecule has 8 heteroatoms. The van der Waals surface area contributed by atoms with Crippen LogP contribution in [-0.2, 0) is 10.0 Å². The third-order valence-electron chi connectivity index (χ3n) is 2.64. The van der Waals surface area contributed by atoms with Crippen LogP contribution >= 0.6 is 11.6 Å². The summed E-state index contributed by atoms with van der Waals surface area (Å²) in [4.78, 5) is 3.86. The van der Waals surface area contributed by atoms with Gasteiger partial charge in [-0.05, 0) is 25.8 Å². The molecule has 2 rings (SSSR count). The summed E-state index contributed by atoms with van der Waals surface area (Å²) in [6.45, 7) is 1.86. The lowest BCUT2D eigenvalue weighted by molar-refractivity contribution is 0.557. The van der Waals surface area contributed by atoms with Gasteiger partial charge in [0.15, 0.2) is 5.82 Å². The van der Waals surface area contributed by atoms with Crippen LogP contribution < -0.4 is 16.0 Å². The minimum atomic E-state index is -3.57. The Labute approximate surface area is 105 Å². The summed E-state index contributed by atoms with van der Waals surface area (Å²) in [6, 6.07) is 1.32. The Morgan fingerprint density at radius 1 is 1.53 bits per heavy atom. The summed E-state index contributed by atoms with van der Waals surface area (Å²) in [5.41, 5.74) is 1.95. The van der Waals surface area contributed by atoms with Gasteiger partial charge in [-0.3, -0.25) is 0 Å². The molecule has 0 saturated heterocycles. The summed E-state index contributed by atoms with van der Waals surface area (Å²) in [6.07, 6.45) is 2.90. The third kappa shape index (κ3) is 2.68. The van der Waals surface area contributed by atoms with Gasteiger partial charge in [-0.15, -0.1) is 0 Å². The lowest BCUT2D eigenvalue weighted by Gasteiger charge is -2.12. The number of sulfonamides is 1. The summed E-state index contributed by atoms with van der Waals surface area (Å²) in [7, 11) is -3.57. The highest BCUT2D eigenvalue weighted by atomic mass is 35.5. The predicted molar refractivity (Wildman–Crippen MR) is 65.0 cm³/mol. The molecule has 0 aromatic carbocycles. The van der Waals surface area contributed by atoms with Crippen LogP contribution in [0.3, 0.4) is 0 Å². The van der Waals surface area contributed by atoms with Crippen LogP contribution in [-0.4, -0.2) is 18.9 Å². The quantitative estimate of drug-likeness (QED) is 0.560. The van der Waals surface area contributed by atoms with Crippen LogP contribution in [0.2, 0.25) is 5.02 Å². The Hall–Kier alpha value is -0.890. The fourth-order valence-corrected chi connectivity index (χ4v) is 3.07. The number of hydrazine groups is 1. The fourth-order valence-electron chi connectivity index (χ4n) is 1.35. The molecular weight excluding hydrogens is 264 g/mol. The molecule has 6 nitrogen and oxygen atoms in total. The number of pyridine rings is 1. The first-order valence-electron chi connectivity index (χ1n) is 5.02. The summed E-state index contributed by atoms with van der Waals surface area (Å²) < 4.78 is 26.6. The molecule has 1 saturated carbocycles. The molecule has 0 bridgehead atoms. The van der Waals surface area contributed by atoms with Gasteiger partial charge in [0.1, 0.15) is 4.90 Å². The molecule has 17 heavy (non-hydrogen) atoms. The van der Waals surface area contributed by atoms with Crippen LogP contribution in [0.25, 0.3) is 0 Å². The van der Waals surface area contributed by atoms with E-state index in [1.165, 1.54) is 12.3 Å². The van der Waals surface area contributed by atoms with Crippen molar-refractivity contribution in [2.45, 2.75) is 30.2 Å². The van der Waals surface area contributed by atoms with E-state index in [2.05, 4.69) is 15.1 Å². The average Bonchev–Trinajstić information content (AvgIpc) is 2.94. The van der Waals surface area contributed by atoms with Gasteiger partial charge in [0, 0.05) is 11.7 Å². The number of anilines is 1. The Balaban J connectivity index is 2.30. The molecule has 1 aromatic rings. The molecular formula is C9H13ClN4O2S. The molecule has 0 aliphatic heterocycles. The van der Waals surface area contributed by atoms with Crippen LogP contribution in [0.4, 0.5) is 5.82 Å². The molecule has 1 aliphatic rings. The van der Waals surface area contributed by atoms with Gasteiger partial charge in [-0.25, -0.2) is 24.0 Å². The van der Waals surface area contributed by atoms with E-state index in [0.29, 0.717) is 0 Å². The second kappa shape index (κ2) is 4.09. The number of hydrogen-bond acceptors (Lipinski definition) is 5. The predicted octanol–water partition coefficient (Wildman–Crippen LogP) is 0.851. The number of nitrogens with zero attached hydrogens (tertiary/aromatic N) is 1. The Bertz CT molecular complexity index is 542. The second-order valence-electron chi connectivity index (χ2n) is 4.31. The maximum atomic E-state index is 12.0. The topological polar surface area (TPSA) is 97.1 Å². The number of nitrogens with one attached hydrogen (secondary N) is 2. The van der Waals surface area contributed by atoms with E-state index in [0.717, 1.165) is 12.8 Å². The zero-order valence-corrected chi connectivity index (χ0v) is 10.8. The molecule has 4 N–H and O–H groups in total. The van der Waals surface area contributed by atoms with Crippen molar-refractivity contribution in [3.05, 3.63) is 17.3 Å². The zero-order valence-electron chi connectivity index (χ0n) is 9.20. The van der Waals surface area contributed by atoms with Crippen molar-refractivity contribution in [1.29, 1.82) is 0 Å². The zero-order chi connectivity index (χ0) is 12.7. The Morgan fingerprint density at radius 3 is 2.65 bits per heavy atom. The second-order valence-corrected chi connectivity index (χ2v) is 6.40. The van der Waals surface area contributed by atoms with Gasteiger partial charge in [0.25, 0.3) is 0 Å². The number of hydrogen-bond donors (Lipinski definition) is 3. The highest BCUT2D eigenvalue weighted by Gasteiger charge is 2.41. The maximum Gasteiger partial charge on any atom is 0.242 e. The molecule has 0 radical (unpaired) electrons. The third-order valence-corrected chi connectivity index (χ3v) is 4.54. The first-order valence-corrected chi connectivity index (χ1v) is 6.89. The lowest BCUT2D eigenvalue weighted by Crippen LogP contribution is -2.34. The van der Waals surface area contributed by atoms with Crippen molar-refractivity contribution >= 4 is 27.4 Å². The number of nitrogens with two attached hydrogens (primary N) is 1. The maximum absolute atomic E-state index is 12.0. The molecule has 1 aliphatic carbocycles. The van der Waals surface area contributed by atoms with E-state index in [4.69, 9.17) is 17.4 Å². The van der Waals surface area contributed by atoms with Gasteiger partial charge in [0.05, 0.1) is 5.02 Å². The van der Waals surface area contributed by atoms with Crippen LogP contribution in [0.15, 0.2) is 17.2 Å². The largest absolute Gasteiger partial charge is 0.307 e. The molecule has 0 amide bonds. The van der Waals surface area contributed by atoms with Gasteiger partial charge >= 0.3 is 0 Å². The van der Waals surface area contributed by atoms with Gasteiger partial charge in [-0.1, -0.05) is 11.6 Å². The van der Waals surface area contributed by atoms with Crippen LogP contribution in [0.5, 0.6) is 0 Å². The number of nitrogen functional groups attached to an aromatic ring is 1. The van der Waals surface area contributed by atoms with Crippen molar-refractivity contribution in [2.75, 3.05) is 5.43 Å².